The fourth-order valence-electron chi connectivity index (χ4n) is 2.60. The first-order valence-corrected chi connectivity index (χ1v) is 6.21. The van der Waals surface area contributed by atoms with E-state index in [1.807, 2.05) is 4.90 Å². The molecule has 0 saturated carbocycles. The van der Waals surface area contributed by atoms with Crippen molar-refractivity contribution in [3.05, 3.63) is 0 Å². The van der Waals surface area contributed by atoms with Crippen molar-refractivity contribution in [3.8, 4) is 0 Å². The van der Waals surface area contributed by atoms with Crippen LogP contribution >= 0.6 is 0 Å². The zero-order valence-electron chi connectivity index (χ0n) is 10.5. The fraction of sp³-hybridized carbons (Fsp3) is 0.833. The van der Waals surface area contributed by atoms with E-state index in [1.165, 1.54) is 0 Å². The third kappa shape index (κ3) is 2.44. The normalized spacial score (nSPS) is 32.4. The molecule has 2 aliphatic rings. The number of nitrogens with zero attached hydrogens (tertiary/aromatic N) is 1. The molecule has 0 bridgehead atoms. The molecule has 2 rings (SSSR count). The molecular formula is C12H21N3O2. The van der Waals surface area contributed by atoms with Gasteiger partial charge in [0.15, 0.2) is 0 Å². The maximum absolute atomic E-state index is 12.2. The van der Waals surface area contributed by atoms with Crippen LogP contribution in [0.4, 0.5) is 0 Å². The smallest absolute Gasteiger partial charge is 0.228 e. The van der Waals surface area contributed by atoms with Gasteiger partial charge in [-0.05, 0) is 11.8 Å². The molecule has 0 aliphatic carbocycles. The summed E-state index contributed by atoms with van der Waals surface area (Å²) in [5.41, 5.74) is 6.01. The highest BCUT2D eigenvalue weighted by molar-refractivity contribution is 5.89. The lowest BCUT2D eigenvalue weighted by Crippen LogP contribution is -2.55. The number of nitrogens with two attached hydrogens (primary N) is 1. The summed E-state index contributed by atoms with van der Waals surface area (Å²) < 4.78 is 0. The topological polar surface area (TPSA) is 75.4 Å². The van der Waals surface area contributed by atoms with Crippen molar-refractivity contribution in [1.82, 2.24) is 10.2 Å². The van der Waals surface area contributed by atoms with Crippen molar-refractivity contribution in [2.24, 2.45) is 17.1 Å². The van der Waals surface area contributed by atoms with Crippen LogP contribution in [0.2, 0.25) is 0 Å². The number of rotatable bonds is 1. The van der Waals surface area contributed by atoms with E-state index in [1.54, 1.807) is 0 Å². The molecule has 0 spiro atoms. The van der Waals surface area contributed by atoms with Gasteiger partial charge in [-0.1, -0.05) is 13.8 Å². The third-order valence-corrected chi connectivity index (χ3v) is 3.95. The van der Waals surface area contributed by atoms with Gasteiger partial charge in [0.05, 0.1) is 5.92 Å². The zero-order chi connectivity index (χ0) is 12.6. The van der Waals surface area contributed by atoms with E-state index in [4.69, 9.17) is 5.73 Å². The molecule has 2 unspecified atom stereocenters. The summed E-state index contributed by atoms with van der Waals surface area (Å²) in [6.45, 7) is 6.08. The molecule has 0 aromatic carbocycles. The minimum absolute atomic E-state index is 0.0173. The monoisotopic (exact) mass is 239 g/mol. The van der Waals surface area contributed by atoms with Crippen molar-refractivity contribution in [3.63, 3.8) is 0 Å². The van der Waals surface area contributed by atoms with Gasteiger partial charge in [-0.3, -0.25) is 9.59 Å². The van der Waals surface area contributed by atoms with Crippen LogP contribution < -0.4 is 11.1 Å². The lowest BCUT2D eigenvalue weighted by Gasteiger charge is -2.43. The standard InChI is InChI=1S/C12H21N3O2/c1-12(2)7-15(4-3-9(12)13)11(17)8-5-10(16)14-6-8/h8-9H,3-7,13H2,1-2H3,(H,14,16). The van der Waals surface area contributed by atoms with Crippen molar-refractivity contribution >= 4 is 11.8 Å². The highest BCUT2D eigenvalue weighted by atomic mass is 16.2. The molecule has 17 heavy (non-hydrogen) atoms. The van der Waals surface area contributed by atoms with Gasteiger partial charge in [-0.15, -0.1) is 0 Å². The Labute approximate surface area is 102 Å². The SMILES string of the molecule is CC1(C)CN(C(=O)C2CNC(=O)C2)CCC1N. The quantitative estimate of drug-likeness (QED) is 0.660. The lowest BCUT2D eigenvalue weighted by atomic mass is 9.79. The molecule has 96 valence electrons. The second-order valence-electron chi connectivity index (χ2n) is 5.85. The number of amides is 2. The predicted molar refractivity (Wildman–Crippen MR) is 64.1 cm³/mol. The van der Waals surface area contributed by atoms with E-state index in [9.17, 15) is 9.59 Å². The molecule has 2 saturated heterocycles. The predicted octanol–water partition coefficient (Wildman–Crippen LogP) is -0.292. The Hall–Kier alpha value is -1.10. The van der Waals surface area contributed by atoms with Crippen molar-refractivity contribution in [1.29, 1.82) is 0 Å². The van der Waals surface area contributed by atoms with E-state index >= 15 is 0 Å². The van der Waals surface area contributed by atoms with Crippen molar-refractivity contribution < 1.29 is 9.59 Å². The Morgan fingerprint density at radius 3 is 2.76 bits per heavy atom. The van der Waals surface area contributed by atoms with Gasteiger partial charge >= 0.3 is 0 Å². The van der Waals surface area contributed by atoms with E-state index < -0.39 is 0 Å². The average Bonchev–Trinajstić information content (AvgIpc) is 2.68. The minimum atomic E-state index is -0.173. The first kappa shape index (κ1) is 12.4. The van der Waals surface area contributed by atoms with Gasteiger partial charge in [0.2, 0.25) is 11.8 Å². The van der Waals surface area contributed by atoms with Crippen LogP contribution in [-0.4, -0.2) is 42.4 Å². The van der Waals surface area contributed by atoms with E-state index in [0.717, 1.165) is 6.42 Å². The van der Waals surface area contributed by atoms with Gasteiger partial charge in [0, 0.05) is 32.1 Å². The first-order chi connectivity index (χ1) is 7.90. The van der Waals surface area contributed by atoms with E-state index in [-0.39, 0.29) is 29.2 Å². The Morgan fingerprint density at radius 1 is 1.53 bits per heavy atom. The minimum Gasteiger partial charge on any atom is -0.355 e. The van der Waals surface area contributed by atoms with Crippen LogP contribution in [0.3, 0.4) is 0 Å². The third-order valence-electron chi connectivity index (χ3n) is 3.95. The molecule has 0 aromatic heterocycles. The van der Waals surface area contributed by atoms with E-state index in [0.29, 0.717) is 26.1 Å². The molecule has 2 amide bonds. The summed E-state index contributed by atoms with van der Waals surface area (Å²) in [4.78, 5) is 25.2. The number of nitrogens with one attached hydrogen (secondary N) is 1. The number of likely N-dealkylation sites (tertiary alicyclic amines) is 1. The Bertz CT molecular complexity index is 341. The van der Waals surface area contributed by atoms with Crippen molar-refractivity contribution in [2.45, 2.75) is 32.7 Å². The summed E-state index contributed by atoms with van der Waals surface area (Å²) in [6.07, 6.45) is 1.18. The fourth-order valence-corrected chi connectivity index (χ4v) is 2.60. The van der Waals surface area contributed by atoms with Gasteiger partial charge in [-0.25, -0.2) is 0 Å². The maximum Gasteiger partial charge on any atom is 0.228 e. The summed E-state index contributed by atoms with van der Waals surface area (Å²) >= 11 is 0. The number of carbonyl (C=O) groups is 2. The Kier molecular flexibility index (Phi) is 3.12. The summed E-state index contributed by atoms with van der Waals surface area (Å²) in [6, 6.07) is 0.148. The molecule has 5 heteroatoms. The molecule has 5 nitrogen and oxygen atoms in total. The number of piperidine rings is 1. The summed E-state index contributed by atoms with van der Waals surface area (Å²) in [7, 11) is 0. The zero-order valence-corrected chi connectivity index (χ0v) is 10.5. The van der Waals surface area contributed by atoms with Gasteiger partial charge < -0.3 is 16.0 Å². The van der Waals surface area contributed by atoms with Crippen LogP contribution in [0.15, 0.2) is 0 Å². The summed E-state index contributed by atoms with van der Waals surface area (Å²) in [5, 5.41) is 2.71. The summed E-state index contributed by atoms with van der Waals surface area (Å²) in [5.74, 6) is -0.0905. The van der Waals surface area contributed by atoms with Crippen LogP contribution in [0, 0.1) is 11.3 Å². The highest BCUT2D eigenvalue weighted by Gasteiger charge is 2.38. The molecule has 2 aliphatic heterocycles. The largest absolute Gasteiger partial charge is 0.355 e. The number of hydrogen-bond acceptors (Lipinski definition) is 3. The van der Waals surface area contributed by atoms with Gasteiger partial charge in [0.25, 0.3) is 0 Å². The molecule has 0 aromatic rings. The average molecular weight is 239 g/mol. The molecule has 3 N–H and O–H groups in total. The Morgan fingerprint density at radius 2 is 2.24 bits per heavy atom. The maximum atomic E-state index is 12.2. The first-order valence-electron chi connectivity index (χ1n) is 6.21. The molecule has 2 heterocycles. The van der Waals surface area contributed by atoms with E-state index in [2.05, 4.69) is 19.2 Å². The van der Waals surface area contributed by atoms with Crippen molar-refractivity contribution in [2.75, 3.05) is 19.6 Å². The second-order valence-corrected chi connectivity index (χ2v) is 5.85. The molecule has 0 radical (unpaired) electrons. The Balaban J connectivity index is 1.99. The lowest BCUT2D eigenvalue weighted by molar-refractivity contribution is -0.139. The highest BCUT2D eigenvalue weighted by Crippen LogP contribution is 2.29. The van der Waals surface area contributed by atoms with Crippen LogP contribution in [0.1, 0.15) is 26.7 Å². The van der Waals surface area contributed by atoms with Crippen LogP contribution in [0.5, 0.6) is 0 Å². The molecule has 2 fully saturated rings. The second kappa shape index (κ2) is 4.29. The molecular weight excluding hydrogens is 218 g/mol. The van der Waals surface area contributed by atoms with Crippen LogP contribution in [0.25, 0.3) is 0 Å². The molecule has 2 atom stereocenters. The van der Waals surface area contributed by atoms with Gasteiger partial charge in [0.1, 0.15) is 0 Å². The number of hydrogen-bond donors (Lipinski definition) is 2. The number of carbonyl (C=O) groups excluding carboxylic acids is 2. The van der Waals surface area contributed by atoms with Crippen LogP contribution in [-0.2, 0) is 9.59 Å². The van der Waals surface area contributed by atoms with Gasteiger partial charge in [-0.2, -0.15) is 0 Å².